The minimum absolute atomic E-state index is 0.0740. The summed E-state index contributed by atoms with van der Waals surface area (Å²) in [5.41, 5.74) is 1.06. The number of piperazine rings is 1. The van der Waals surface area contributed by atoms with Gasteiger partial charge in [0.15, 0.2) is 6.61 Å². The Bertz CT molecular complexity index is 1020. The maximum absolute atomic E-state index is 12.6. The third-order valence-corrected chi connectivity index (χ3v) is 7.84. The normalized spacial score (nSPS) is 17.7. The topological polar surface area (TPSA) is 70.2 Å². The Morgan fingerprint density at radius 3 is 2.26 bits per heavy atom. The van der Waals surface area contributed by atoms with Gasteiger partial charge in [-0.1, -0.05) is 17.7 Å². The van der Waals surface area contributed by atoms with Crippen molar-refractivity contribution in [3.05, 3.63) is 53.6 Å². The maximum atomic E-state index is 12.6. The van der Waals surface area contributed by atoms with Crippen LogP contribution in [0.2, 0.25) is 5.02 Å². The highest BCUT2D eigenvalue weighted by Crippen LogP contribution is 2.23. The van der Waals surface area contributed by atoms with Gasteiger partial charge in [-0.25, -0.2) is 8.42 Å². The number of halogens is 1. The number of benzene rings is 2. The lowest BCUT2D eigenvalue weighted by molar-refractivity contribution is -0.133. The standard InChI is InChI=1S/C22H26ClN3O4S/c23-18-4-3-5-19(16-18)24-12-14-25(15-13-24)22(27)17-30-20-6-8-21(9-7-20)31(28,29)26-10-1-2-11-26/h3-9,16H,1-2,10-15,17H2. The lowest BCUT2D eigenvalue weighted by Crippen LogP contribution is -2.50. The first-order chi connectivity index (χ1) is 14.9. The zero-order valence-corrected chi connectivity index (χ0v) is 18.8. The van der Waals surface area contributed by atoms with Gasteiger partial charge in [-0.3, -0.25) is 4.79 Å². The highest BCUT2D eigenvalue weighted by atomic mass is 35.5. The quantitative estimate of drug-likeness (QED) is 0.658. The van der Waals surface area contributed by atoms with Crippen LogP contribution in [0.5, 0.6) is 5.75 Å². The molecule has 4 rings (SSSR count). The largest absolute Gasteiger partial charge is 0.484 e. The number of sulfonamides is 1. The van der Waals surface area contributed by atoms with Gasteiger partial charge >= 0.3 is 0 Å². The van der Waals surface area contributed by atoms with Crippen LogP contribution in [0.25, 0.3) is 0 Å². The van der Waals surface area contributed by atoms with Crippen molar-refractivity contribution < 1.29 is 17.9 Å². The molecule has 0 aliphatic carbocycles. The Balaban J connectivity index is 1.27. The molecule has 2 aromatic carbocycles. The molecular formula is C22H26ClN3O4S. The van der Waals surface area contributed by atoms with Gasteiger partial charge in [-0.05, 0) is 55.3 Å². The first-order valence-electron chi connectivity index (χ1n) is 10.4. The van der Waals surface area contributed by atoms with Gasteiger partial charge in [0, 0.05) is 50.0 Å². The molecule has 0 radical (unpaired) electrons. The van der Waals surface area contributed by atoms with E-state index in [1.807, 2.05) is 24.3 Å². The predicted molar refractivity (Wildman–Crippen MR) is 120 cm³/mol. The molecule has 2 aromatic rings. The molecule has 7 nitrogen and oxygen atoms in total. The van der Waals surface area contributed by atoms with Gasteiger partial charge in [0.05, 0.1) is 4.90 Å². The molecular weight excluding hydrogens is 438 g/mol. The van der Waals surface area contributed by atoms with Crippen LogP contribution in [-0.4, -0.2) is 69.4 Å². The van der Waals surface area contributed by atoms with Crippen molar-refractivity contribution in [1.82, 2.24) is 9.21 Å². The van der Waals surface area contributed by atoms with E-state index < -0.39 is 10.0 Å². The van der Waals surface area contributed by atoms with Crippen molar-refractivity contribution in [2.24, 2.45) is 0 Å². The number of nitrogens with zero attached hydrogens (tertiary/aromatic N) is 3. The van der Waals surface area contributed by atoms with Crippen molar-refractivity contribution in [3.63, 3.8) is 0 Å². The Kier molecular flexibility index (Phi) is 6.69. The summed E-state index contributed by atoms with van der Waals surface area (Å²) >= 11 is 6.07. The lowest BCUT2D eigenvalue weighted by Gasteiger charge is -2.36. The zero-order valence-electron chi connectivity index (χ0n) is 17.2. The molecule has 2 aliphatic rings. The highest BCUT2D eigenvalue weighted by molar-refractivity contribution is 7.89. The van der Waals surface area contributed by atoms with E-state index >= 15 is 0 Å². The van der Waals surface area contributed by atoms with E-state index in [2.05, 4.69) is 4.90 Å². The first kappa shape index (κ1) is 21.9. The summed E-state index contributed by atoms with van der Waals surface area (Å²) in [5.74, 6) is 0.394. The van der Waals surface area contributed by atoms with Gasteiger partial charge in [-0.2, -0.15) is 4.31 Å². The average Bonchev–Trinajstić information content (AvgIpc) is 3.34. The summed E-state index contributed by atoms with van der Waals surface area (Å²) < 4.78 is 32.3. The second-order valence-corrected chi connectivity index (χ2v) is 10.1. The van der Waals surface area contributed by atoms with Crippen molar-refractivity contribution in [3.8, 4) is 5.75 Å². The molecule has 9 heteroatoms. The average molecular weight is 464 g/mol. The molecule has 2 fully saturated rings. The Hall–Kier alpha value is -2.29. The molecule has 2 aliphatic heterocycles. The van der Waals surface area contributed by atoms with Gasteiger partial charge in [0.25, 0.3) is 5.91 Å². The van der Waals surface area contributed by atoms with E-state index in [9.17, 15) is 13.2 Å². The third-order valence-electron chi connectivity index (χ3n) is 5.69. The molecule has 0 unspecified atom stereocenters. The van der Waals surface area contributed by atoms with Crippen LogP contribution < -0.4 is 9.64 Å². The number of ether oxygens (including phenoxy) is 1. The molecule has 0 aromatic heterocycles. The molecule has 166 valence electrons. The van der Waals surface area contributed by atoms with E-state index in [1.54, 1.807) is 17.0 Å². The maximum Gasteiger partial charge on any atom is 0.260 e. The molecule has 0 N–H and O–H groups in total. The van der Waals surface area contributed by atoms with Gasteiger partial charge in [-0.15, -0.1) is 0 Å². The number of anilines is 1. The van der Waals surface area contributed by atoms with E-state index in [-0.39, 0.29) is 17.4 Å². The summed E-state index contributed by atoms with van der Waals surface area (Å²) in [6.07, 6.45) is 1.80. The second-order valence-electron chi connectivity index (χ2n) is 7.72. The summed E-state index contributed by atoms with van der Waals surface area (Å²) in [7, 11) is -3.45. The van der Waals surface area contributed by atoms with Gasteiger partial charge < -0.3 is 14.5 Å². The van der Waals surface area contributed by atoms with Crippen LogP contribution >= 0.6 is 11.6 Å². The Morgan fingerprint density at radius 2 is 1.61 bits per heavy atom. The van der Waals surface area contributed by atoms with Crippen LogP contribution in [0.4, 0.5) is 5.69 Å². The summed E-state index contributed by atoms with van der Waals surface area (Å²) in [6, 6.07) is 14.0. The number of hydrogen-bond donors (Lipinski definition) is 0. The van der Waals surface area contributed by atoms with E-state index in [0.29, 0.717) is 37.0 Å². The molecule has 0 saturated carbocycles. The minimum atomic E-state index is -3.45. The molecule has 2 heterocycles. The summed E-state index contributed by atoms with van der Waals surface area (Å²) in [5, 5.41) is 0.698. The highest BCUT2D eigenvalue weighted by Gasteiger charge is 2.27. The molecule has 1 amide bonds. The minimum Gasteiger partial charge on any atom is -0.484 e. The lowest BCUT2D eigenvalue weighted by atomic mass is 10.2. The fourth-order valence-corrected chi connectivity index (χ4v) is 5.61. The number of rotatable bonds is 6. The van der Waals surface area contributed by atoms with Crippen molar-refractivity contribution >= 4 is 33.2 Å². The van der Waals surface area contributed by atoms with Crippen molar-refractivity contribution in [2.45, 2.75) is 17.7 Å². The zero-order chi connectivity index (χ0) is 21.8. The summed E-state index contributed by atoms with van der Waals surface area (Å²) in [6.45, 7) is 3.75. The molecule has 0 spiro atoms. The van der Waals surface area contributed by atoms with Gasteiger partial charge in [0.1, 0.15) is 5.75 Å². The van der Waals surface area contributed by atoms with Crippen LogP contribution in [0.15, 0.2) is 53.4 Å². The van der Waals surface area contributed by atoms with E-state index in [0.717, 1.165) is 31.6 Å². The second kappa shape index (κ2) is 9.46. The predicted octanol–water partition coefficient (Wildman–Crippen LogP) is 2.85. The number of amides is 1. The molecule has 0 bridgehead atoms. The third kappa shape index (κ3) is 5.14. The van der Waals surface area contributed by atoms with Crippen LogP contribution in [-0.2, 0) is 14.8 Å². The number of carbonyl (C=O) groups excluding carboxylic acids is 1. The number of carbonyl (C=O) groups is 1. The summed E-state index contributed by atoms with van der Waals surface area (Å²) in [4.78, 5) is 16.8. The monoisotopic (exact) mass is 463 g/mol. The number of hydrogen-bond acceptors (Lipinski definition) is 5. The fraction of sp³-hybridized carbons (Fsp3) is 0.409. The first-order valence-corrected chi connectivity index (χ1v) is 12.3. The van der Waals surface area contributed by atoms with Crippen LogP contribution in [0.3, 0.4) is 0 Å². The van der Waals surface area contributed by atoms with Crippen molar-refractivity contribution in [2.75, 3.05) is 50.8 Å². The van der Waals surface area contributed by atoms with Crippen LogP contribution in [0.1, 0.15) is 12.8 Å². The molecule has 2 saturated heterocycles. The van der Waals surface area contributed by atoms with Crippen LogP contribution in [0, 0.1) is 0 Å². The Morgan fingerprint density at radius 1 is 0.935 bits per heavy atom. The molecule has 0 atom stereocenters. The molecule has 31 heavy (non-hydrogen) atoms. The van der Waals surface area contributed by atoms with Crippen molar-refractivity contribution in [1.29, 1.82) is 0 Å². The van der Waals surface area contributed by atoms with Gasteiger partial charge in [0.2, 0.25) is 10.0 Å². The fourth-order valence-electron chi connectivity index (χ4n) is 3.91. The SMILES string of the molecule is O=C(COc1ccc(S(=O)(=O)N2CCCC2)cc1)N1CCN(c2cccc(Cl)c2)CC1. The Labute approximate surface area is 188 Å². The van der Waals surface area contributed by atoms with E-state index in [1.165, 1.54) is 16.4 Å². The smallest absolute Gasteiger partial charge is 0.260 e. The van der Waals surface area contributed by atoms with E-state index in [4.69, 9.17) is 16.3 Å².